The second kappa shape index (κ2) is 10.5. The summed E-state index contributed by atoms with van der Waals surface area (Å²) in [5, 5.41) is 11.7. The van der Waals surface area contributed by atoms with Crippen LogP contribution in [0.5, 0.6) is 5.75 Å². The van der Waals surface area contributed by atoms with Gasteiger partial charge in [-0.2, -0.15) is 0 Å². The highest BCUT2D eigenvalue weighted by Crippen LogP contribution is 2.41. The average molecular weight is 418 g/mol. The molecule has 0 fully saturated rings. The van der Waals surface area contributed by atoms with Gasteiger partial charge < -0.3 is 4.74 Å². The van der Waals surface area contributed by atoms with Gasteiger partial charge in [0.25, 0.3) is 0 Å². The minimum absolute atomic E-state index is 0.0704. The van der Waals surface area contributed by atoms with Gasteiger partial charge in [0.15, 0.2) is 5.78 Å². The van der Waals surface area contributed by atoms with Gasteiger partial charge in [-0.3, -0.25) is 14.9 Å². The summed E-state index contributed by atoms with van der Waals surface area (Å²) >= 11 is 0. The largest absolute Gasteiger partial charge is 0.497 e. The molecule has 3 aromatic carbocycles. The van der Waals surface area contributed by atoms with E-state index in [1.165, 1.54) is 0 Å². The zero-order chi connectivity index (χ0) is 22.2. The molecule has 0 aromatic heterocycles. The van der Waals surface area contributed by atoms with Crippen molar-refractivity contribution in [1.82, 2.24) is 0 Å². The van der Waals surface area contributed by atoms with E-state index in [9.17, 15) is 14.9 Å². The third-order valence-corrected chi connectivity index (χ3v) is 5.79. The molecule has 0 amide bonds. The van der Waals surface area contributed by atoms with Crippen LogP contribution >= 0.6 is 0 Å². The minimum Gasteiger partial charge on any atom is -0.497 e. The van der Waals surface area contributed by atoms with Crippen LogP contribution in [0.2, 0.25) is 0 Å². The Balaban J connectivity index is 2.13. The Morgan fingerprint density at radius 3 is 1.94 bits per heavy atom. The van der Waals surface area contributed by atoms with E-state index in [1.54, 1.807) is 19.2 Å². The summed E-state index contributed by atoms with van der Waals surface area (Å²) in [4.78, 5) is 25.1. The lowest BCUT2D eigenvalue weighted by Gasteiger charge is -2.31. The molecule has 0 bridgehead atoms. The summed E-state index contributed by atoms with van der Waals surface area (Å²) < 4.78 is 5.27. The fraction of sp³-hybridized carbons (Fsp3) is 0.269. The monoisotopic (exact) mass is 417 g/mol. The highest BCUT2D eigenvalue weighted by molar-refractivity contribution is 5.99. The predicted molar refractivity (Wildman–Crippen MR) is 121 cm³/mol. The van der Waals surface area contributed by atoms with Crippen molar-refractivity contribution in [2.24, 2.45) is 5.92 Å². The van der Waals surface area contributed by atoms with Gasteiger partial charge in [-0.05, 0) is 35.6 Å². The van der Waals surface area contributed by atoms with Gasteiger partial charge in [-0.15, -0.1) is 0 Å². The fourth-order valence-electron chi connectivity index (χ4n) is 4.28. The van der Waals surface area contributed by atoms with Crippen LogP contribution in [0, 0.1) is 16.0 Å². The van der Waals surface area contributed by atoms with Gasteiger partial charge in [-0.25, -0.2) is 0 Å². The summed E-state index contributed by atoms with van der Waals surface area (Å²) in [7, 11) is 1.61. The van der Waals surface area contributed by atoms with Crippen molar-refractivity contribution < 1.29 is 14.5 Å². The molecule has 0 aliphatic heterocycles. The molecule has 5 heteroatoms. The SMILES string of the molecule is CC[C@@H](c1ccc(OC)cc1)[C@@H](C(=O)c1ccccc1)[C@H](C[N+](=O)[O-])c1ccccc1. The van der Waals surface area contributed by atoms with E-state index in [0.29, 0.717) is 12.0 Å². The van der Waals surface area contributed by atoms with E-state index >= 15 is 0 Å². The number of carbonyl (C=O) groups is 1. The number of methoxy groups -OCH3 is 1. The molecule has 0 aliphatic rings. The topological polar surface area (TPSA) is 69.4 Å². The molecule has 31 heavy (non-hydrogen) atoms. The van der Waals surface area contributed by atoms with Crippen LogP contribution in [0.15, 0.2) is 84.9 Å². The van der Waals surface area contributed by atoms with Gasteiger partial charge >= 0.3 is 0 Å². The highest BCUT2D eigenvalue weighted by atomic mass is 16.6. The van der Waals surface area contributed by atoms with Crippen LogP contribution in [0.3, 0.4) is 0 Å². The molecule has 0 saturated heterocycles. The number of carbonyl (C=O) groups excluding carboxylic acids is 1. The van der Waals surface area contributed by atoms with Gasteiger partial charge in [0, 0.05) is 16.4 Å². The molecule has 0 heterocycles. The molecule has 0 N–H and O–H groups in total. The number of nitro groups is 1. The van der Waals surface area contributed by atoms with Crippen molar-refractivity contribution in [2.45, 2.75) is 25.2 Å². The molecule has 0 radical (unpaired) electrons. The Bertz CT molecular complexity index is 987. The van der Waals surface area contributed by atoms with Crippen molar-refractivity contribution in [1.29, 1.82) is 0 Å². The maximum atomic E-state index is 13.8. The molecule has 0 aliphatic carbocycles. The van der Waals surface area contributed by atoms with E-state index in [-0.39, 0.29) is 23.2 Å². The highest BCUT2D eigenvalue weighted by Gasteiger charge is 2.39. The van der Waals surface area contributed by atoms with Gasteiger partial charge in [0.2, 0.25) is 6.54 Å². The van der Waals surface area contributed by atoms with Crippen molar-refractivity contribution >= 4 is 5.78 Å². The maximum absolute atomic E-state index is 13.8. The first-order valence-electron chi connectivity index (χ1n) is 10.4. The molecule has 0 unspecified atom stereocenters. The number of hydrogen-bond acceptors (Lipinski definition) is 4. The van der Waals surface area contributed by atoms with E-state index in [4.69, 9.17) is 4.74 Å². The lowest BCUT2D eigenvalue weighted by molar-refractivity contribution is -0.484. The molecule has 5 nitrogen and oxygen atoms in total. The van der Waals surface area contributed by atoms with Crippen molar-refractivity contribution in [3.8, 4) is 5.75 Å². The third kappa shape index (κ3) is 5.37. The molecular weight excluding hydrogens is 390 g/mol. The summed E-state index contributed by atoms with van der Waals surface area (Å²) in [6, 6.07) is 26.1. The second-order valence-electron chi connectivity index (χ2n) is 7.58. The van der Waals surface area contributed by atoms with E-state index in [0.717, 1.165) is 16.9 Å². The molecule has 3 rings (SSSR count). The Labute approximate surface area is 182 Å². The van der Waals surface area contributed by atoms with E-state index in [2.05, 4.69) is 0 Å². The van der Waals surface area contributed by atoms with Crippen molar-refractivity contribution in [3.05, 3.63) is 112 Å². The minimum atomic E-state index is -0.575. The molecule has 0 spiro atoms. The lowest BCUT2D eigenvalue weighted by atomic mass is 9.70. The molecule has 160 valence electrons. The normalized spacial score (nSPS) is 13.7. The number of hydrogen-bond donors (Lipinski definition) is 0. The van der Waals surface area contributed by atoms with Crippen LogP contribution in [0.25, 0.3) is 0 Å². The lowest BCUT2D eigenvalue weighted by Crippen LogP contribution is -2.32. The van der Waals surface area contributed by atoms with Crippen LogP contribution in [-0.4, -0.2) is 24.4 Å². The smallest absolute Gasteiger partial charge is 0.211 e. The van der Waals surface area contributed by atoms with Gasteiger partial charge in [0.05, 0.1) is 13.0 Å². The molecule has 0 saturated carbocycles. The third-order valence-electron chi connectivity index (χ3n) is 5.79. The number of nitrogens with zero attached hydrogens (tertiary/aromatic N) is 1. The maximum Gasteiger partial charge on any atom is 0.211 e. The first-order chi connectivity index (χ1) is 15.0. The Morgan fingerprint density at radius 1 is 0.871 bits per heavy atom. The predicted octanol–water partition coefficient (Wildman–Crippen LogP) is 5.75. The Morgan fingerprint density at radius 2 is 1.42 bits per heavy atom. The van der Waals surface area contributed by atoms with E-state index in [1.807, 2.05) is 79.7 Å². The molecular formula is C26H27NO4. The zero-order valence-electron chi connectivity index (χ0n) is 17.8. The van der Waals surface area contributed by atoms with Crippen LogP contribution in [0.1, 0.15) is 46.7 Å². The van der Waals surface area contributed by atoms with Crippen molar-refractivity contribution in [3.63, 3.8) is 0 Å². The van der Waals surface area contributed by atoms with Crippen LogP contribution < -0.4 is 4.74 Å². The first-order valence-corrected chi connectivity index (χ1v) is 10.4. The number of Topliss-reactive ketones (excluding diaryl/α,β-unsaturated/α-hetero) is 1. The zero-order valence-corrected chi connectivity index (χ0v) is 17.8. The number of benzene rings is 3. The Hall–Kier alpha value is -3.47. The van der Waals surface area contributed by atoms with Crippen LogP contribution in [-0.2, 0) is 0 Å². The van der Waals surface area contributed by atoms with Gasteiger partial charge in [-0.1, -0.05) is 79.7 Å². The fourth-order valence-corrected chi connectivity index (χ4v) is 4.28. The number of rotatable bonds is 10. The van der Waals surface area contributed by atoms with Gasteiger partial charge in [0.1, 0.15) is 5.75 Å². The molecule has 3 aromatic rings. The summed E-state index contributed by atoms with van der Waals surface area (Å²) in [6.07, 6.45) is 0.677. The number of ketones is 1. The summed E-state index contributed by atoms with van der Waals surface area (Å²) in [5.41, 5.74) is 2.35. The number of ether oxygens (including phenoxy) is 1. The molecule has 3 atom stereocenters. The van der Waals surface area contributed by atoms with Crippen molar-refractivity contribution in [2.75, 3.05) is 13.7 Å². The second-order valence-corrected chi connectivity index (χ2v) is 7.58. The van der Waals surface area contributed by atoms with Crippen LogP contribution in [0.4, 0.5) is 0 Å². The Kier molecular flexibility index (Phi) is 7.55. The van der Waals surface area contributed by atoms with E-state index < -0.39 is 11.8 Å². The first kappa shape index (κ1) is 22.2. The summed E-state index contributed by atoms with van der Waals surface area (Å²) in [6.45, 7) is 1.72. The standard InChI is InChI=1S/C26H27NO4/c1-3-23(20-14-16-22(31-2)17-15-20)25(26(28)21-12-8-5-9-13-21)24(18-27(29)30)19-10-6-4-7-11-19/h4-17,23-25H,3,18H2,1-2H3/t23-,24+,25+/m0/s1. The average Bonchev–Trinajstić information content (AvgIpc) is 2.82. The summed E-state index contributed by atoms with van der Waals surface area (Å²) in [5.74, 6) is -0.637. The quantitative estimate of drug-likeness (QED) is 0.239.